The Balaban J connectivity index is 1.96. The summed E-state index contributed by atoms with van der Waals surface area (Å²) in [5.41, 5.74) is 3.17. The van der Waals surface area contributed by atoms with Crippen LogP contribution in [0, 0.1) is 6.92 Å². The first-order valence-corrected chi connectivity index (χ1v) is 8.46. The molecule has 2 aromatic rings. The second-order valence-corrected chi connectivity index (χ2v) is 6.62. The third kappa shape index (κ3) is 4.18. The molecule has 21 heavy (non-hydrogen) atoms. The second kappa shape index (κ2) is 7.42. The van der Waals surface area contributed by atoms with Gasteiger partial charge < -0.3 is 10.6 Å². The summed E-state index contributed by atoms with van der Waals surface area (Å²) in [6.45, 7) is 4.09. The molecule has 0 aliphatic carbocycles. The number of rotatable bonds is 6. The van der Waals surface area contributed by atoms with Crippen LogP contribution in [-0.2, 0) is 11.2 Å². The Kier molecular flexibility index (Phi) is 5.58. The summed E-state index contributed by atoms with van der Waals surface area (Å²) < 4.78 is 0.787. The second-order valence-electron chi connectivity index (χ2n) is 4.42. The van der Waals surface area contributed by atoms with Crippen LogP contribution in [0.2, 0.25) is 0 Å². The van der Waals surface area contributed by atoms with Gasteiger partial charge in [-0.2, -0.15) is 0 Å². The fraction of sp³-hybridized carbons (Fsp3) is 0.357. The van der Waals surface area contributed by atoms with Crippen LogP contribution in [0.5, 0.6) is 0 Å². The zero-order valence-electron chi connectivity index (χ0n) is 12.3. The van der Waals surface area contributed by atoms with Gasteiger partial charge in [0.05, 0.1) is 5.75 Å². The van der Waals surface area contributed by atoms with Crippen molar-refractivity contribution in [3.63, 3.8) is 0 Å². The molecule has 1 heterocycles. The predicted octanol–water partition coefficient (Wildman–Crippen LogP) is 3.18. The zero-order valence-corrected chi connectivity index (χ0v) is 13.9. The van der Waals surface area contributed by atoms with Crippen molar-refractivity contribution in [3.8, 4) is 0 Å². The Hall–Kier alpha value is -1.60. The first kappa shape index (κ1) is 15.8. The normalized spacial score (nSPS) is 10.4. The van der Waals surface area contributed by atoms with Gasteiger partial charge in [-0.3, -0.25) is 4.79 Å². The highest BCUT2D eigenvalue weighted by atomic mass is 32.2. The van der Waals surface area contributed by atoms with Gasteiger partial charge in [-0.1, -0.05) is 48.2 Å². The molecule has 0 saturated heterocycles. The molecule has 0 saturated carbocycles. The Morgan fingerprint density at radius 2 is 2.19 bits per heavy atom. The van der Waals surface area contributed by atoms with Crippen molar-refractivity contribution in [2.75, 3.05) is 23.4 Å². The standard InChI is InChI=1S/C14H18N4OS2/c1-4-10-7-5-6-9(2)12(10)16-11(19)8-20-14-18-17-13(15-3)21-14/h5-7H,4,8H2,1-3H3,(H,15,17)(H,16,19). The summed E-state index contributed by atoms with van der Waals surface area (Å²) >= 11 is 2.84. The van der Waals surface area contributed by atoms with Gasteiger partial charge in [-0.25, -0.2) is 0 Å². The van der Waals surface area contributed by atoms with E-state index in [1.54, 1.807) is 7.05 Å². The highest BCUT2D eigenvalue weighted by Crippen LogP contribution is 2.26. The molecule has 0 bridgehead atoms. The highest BCUT2D eigenvalue weighted by molar-refractivity contribution is 8.01. The van der Waals surface area contributed by atoms with Crippen LogP contribution >= 0.6 is 23.1 Å². The van der Waals surface area contributed by atoms with Crippen LogP contribution in [0.15, 0.2) is 22.5 Å². The number of anilines is 2. The Labute approximate surface area is 132 Å². The number of nitrogens with one attached hydrogen (secondary N) is 2. The van der Waals surface area contributed by atoms with Crippen molar-refractivity contribution >= 4 is 39.8 Å². The zero-order chi connectivity index (χ0) is 15.2. The summed E-state index contributed by atoms with van der Waals surface area (Å²) in [4.78, 5) is 12.1. The molecule has 2 N–H and O–H groups in total. The number of nitrogens with zero attached hydrogens (tertiary/aromatic N) is 2. The average Bonchev–Trinajstić information content (AvgIpc) is 2.95. The number of thioether (sulfide) groups is 1. The maximum atomic E-state index is 12.1. The van der Waals surface area contributed by atoms with Crippen molar-refractivity contribution in [1.29, 1.82) is 0 Å². The Morgan fingerprint density at radius 3 is 2.86 bits per heavy atom. The lowest BCUT2D eigenvalue weighted by Crippen LogP contribution is -2.16. The predicted molar refractivity (Wildman–Crippen MR) is 89.4 cm³/mol. The van der Waals surface area contributed by atoms with Crippen molar-refractivity contribution < 1.29 is 4.79 Å². The van der Waals surface area contributed by atoms with Gasteiger partial charge in [-0.15, -0.1) is 10.2 Å². The van der Waals surface area contributed by atoms with Crippen LogP contribution in [-0.4, -0.2) is 28.9 Å². The van der Waals surface area contributed by atoms with Gasteiger partial charge in [-0.05, 0) is 24.5 Å². The number of benzene rings is 1. The quantitative estimate of drug-likeness (QED) is 0.800. The number of para-hydroxylation sites is 1. The molecule has 7 heteroatoms. The molecule has 0 aliphatic heterocycles. The number of hydrogen-bond donors (Lipinski definition) is 2. The molecule has 0 unspecified atom stereocenters. The molecular formula is C14H18N4OS2. The minimum Gasteiger partial charge on any atom is -0.363 e. The summed E-state index contributed by atoms with van der Waals surface area (Å²) in [6, 6.07) is 6.06. The number of aromatic nitrogens is 2. The lowest BCUT2D eigenvalue weighted by atomic mass is 10.1. The average molecular weight is 322 g/mol. The largest absolute Gasteiger partial charge is 0.363 e. The summed E-state index contributed by atoms with van der Waals surface area (Å²) in [6.07, 6.45) is 0.895. The van der Waals surface area contributed by atoms with Gasteiger partial charge in [0.2, 0.25) is 11.0 Å². The molecule has 0 atom stereocenters. The van der Waals surface area contributed by atoms with Gasteiger partial charge in [0.25, 0.3) is 0 Å². The number of amides is 1. The van der Waals surface area contributed by atoms with E-state index in [-0.39, 0.29) is 5.91 Å². The van der Waals surface area contributed by atoms with Crippen LogP contribution in [0.3, 0.4) is 0 Å². The van der Waals surface area contributed by atoms with E-state index in [0.29, 0.717) is 5.75 Å². The molecule has 0 fully saturated rings. The van der Waals surface area contributed by atoms with Gasteiger partial charge >= 0.3 is 0 Å². The highest BCUT2D eigenvalue weighted by Gasteiger charge is 2.11. The van der Waals surface area contributed by atoms with Crippen LogP contribution in [0.1, 0.15) is 18.1 Å². The lowest BCUT2D eigenvalue weighted by Gasteiger charge is -2.12. The van der Waals surface area contributed by atoms with E-state index in [2.05, 4.69) is 27.8 Å². The molecule has 112 valence electrons. The summed E-state index contributed by atoms with van der Waals surface area (Å²) in [5, 5.41) is 14.6. The third-order valence-corrected chi connectivity index (χ3v) is 5.03. The Morgan fingerprint density at radius 1 is 1.38 bits per heavy atom. The third-order valence-electron chi connectivity index (χ3n) is 2.95. The van der Waals surface area contributed by atoms with E-state index in [9.17, 15) is 4.79 Å². The number of carbonyl (C=O) groups is 1. The molecule has 1 amide bonds. The van der Waals surface area contributed by atoms with Gasteiger partial charge in [0.15, 0.2) is 4.34 Å². The van der Waals surface area contributed by atoms with E-state index in [1.165, 1.54) is 23.1 Å². The first-order valence-electron chi connectivity index (χ1n) is 6.66. The summed E-state index contributed by atoms with van der Waals surface area (Å²) in [7, 11) is 1.80. The van der Waals surface area contributed by atoms with Crippen LogP contribution in [0.25, 0.3) is 0 Å². The number of carbonyl (C=O) groups excluding carboxylic acids is 1. The van der Waals surface area contributed by atoms with E-state index in [0.717, 1.165) is 32.7 Å². The molecule has 2 rings (SSSR count). The van der Waals surface area contributed by atoms with Crippen molar-refractivity contribution in [2.24, 2.45) is 0 Å². The molecule has 1 aromatic carbocycles. The van der Waals surface area contributed by atoms with Crippen molar-refractivity contribution in [3.05, 3.63) is 29.3 Å². The Bertz CT molecular complexity index is 627. The molecule has 0 spiro atoms. The first-order chi connectivity index (χ1) is 10.1. The topological polar surface area (TPSA) is 66.9 Å². The smallest absolute Gasteiger partial charge is 0.234 e. The molecule has 5 nitrogen and oxygen atoms in total. The van der Waals surface area contributed by atoms with E-state index < -0.39 is 0 Å². The molecule has 1 aromatic heterocycles. The minimum atomic E-state index is -0.0230. The van der Waals surface area contributed by atoms with E-state index in [1.807, 2.05) is 25.1 Å². The van der Waals surface area contributed by atoms with E-state index in [4.69, 9.17) is 0 Å². The van der Waals surface area contributed by atoms with Gasteiger partial charge in [0.1, 0.15) is 0 Å². The SMILES string of the molecule is CCc1cccc(C)c1NC(=O)CSc1nnc(NC)s1. The maximum Gasteiger partial charge on any atom is 0.234 e. The molecular weight excluding hydrogens is 304 g/mol. The van der Waals surface area contributed by atoms with Crippen molar-refractivity contribution in [2.45, 2.75) is 24.6 Å². The van der Waals surface area contributed by atoms with Gasteiger partial charge in [0, 0.05) is 12.7 Å². The minimum absolute atomic E-state index is 0.0230. The monoisotopic (exact) mass is 322 g/mol. The number of hydrogen-bond acceptors (Lipinski definition) is 6. The fourth-order valence-electron chi connectivity index (χ4n) is 1.87. The summed E-state index contributed by atoms with van der Waals surface area (Å²) in [5.74, 6) is 0.306. The number of aryl methyl sites for hydroxylation is 2. The molecule has 0 aliphatic rings. The molecule has 0 radical (unpaired) electrons. The lowest BCUT2D eigenvalue weighted by molar-refractivity contribution is -0.113. The van der Waals surface area contributed by atoms with E-state index >= 15 is 0 Å². The van der Waals surface area contributed by atoms with Crippen molar-refractivity contribution in [1.82, 2.24) is 10.2 Å². The van der Waals surface area contributed by atoms with Crippen LogP contribution < -0.4 is 10.6 Å². The fourth-order valence-corrected chi connectivity index (χ4v) is 3.38. The van der Waals surface area contributed by atoms with Crippen LogP contribution in [0.4, 0.5) is 10.8 Å². The maximum absolute atomic E-state index is 12.1.